The average Bonchev–Trinajstić information content (AvgIpc) is 3.00. The molecule has 2 aliphatic heterocycles. The first kappa shape index (κ1) is 22.5. The third-order valence-electron chi connectivity index (χ3n) is 5.96. The van der Waals surface area contributed by atoms with Crippen LogP contribution in [-0.4, -0.2) is 40.0 Å². The molecule has 2 aliphatic rings. The van der Waals surface area contributed by atoms with Gasteiger partial charge < -0.3 is 15.3 Å². The van der Waals surface area contributed by atoms with Crippen LogP contribution in [0.5, 0.6) is 0 Å². The zero-order valence-electron chi connectivity index (χ0n) is 16.6. The number of rotatable bonds is 4. The highest BCUT2D eigenvalue weighted by atomic mass is 35.5. The monoisotopic (exact) mass is 470 g/mol. The normalized spacial score (nSPS) is 22.7. The molecule has 0 aromatic heterocycles. The second-order valence-corrected chi connectivity index (χ2v) is 8.48. The van der Waals surface area contributed by atoms with Crippen molar-refractivity contribution in [2.45, 2.75) is 49.8 Å². The molecular formula is C22H19ClF4N2O3. The van der Waals surface area contributed by atoms with Crippen molar-refractivity contribution in [3.8, 4) is 0 Å². The highest BCUT2D eigenvalue weighted by Crippen LogP contribution is 2.41. The third kappa shape index (κ3) is 4.06. The van der Waals surface area contributed by atoms with E-state index in [0.29, 0.717) is 25.0 Å². The smallest absolute Gasteiger partial charge is 0.352 e. The number of alkyl halides is 2. The second-order valence-electron chi connectivity index (χ2n) is 8.07. The van der Waals surface area contributed by atoms with Crippen LogP contribution in [-0.2, 0) is 10.7 Å². The first-order valence-electron chi connectivity index (χ1n) is 10.0. The summed E-state index contributed by atoms with van der Waals surface area (Å²) in [5, 5.41) is 12.0. The second kappa shape index (κ2) is 8.37. The van der Waals surface area contributed by atoms with Crippen LogP contribution in [0.15, 0.2) is 36.4 Å². The summed E-state index contributed by atoms with van der Waals surface area (Å²) in [4.78, 5) is 26.3. The van der Waals surface area contributed by atoms with Crippen LogP contribution in [0.3, 0.4) is 0 Å². The number of fused-ring (bicyclic) bond motifs is 2. The van der Waals surface area contributed by atoms with E-state index in [1.165, 1.54) is 6.07 Å². The van der Waals surface area contributed by atoms with E-state index in [-0.39, 0.29) is 29.1 Å². The zero-order valence-corrected chi connectivity index (χ0v) is 17.4. The minimum absolute atomic E-state index is 0.110. The number of nitrogens with zero attached hydrogens (tertiary/aromatic N) is 1. The largest absolute Gasteiger partial charge is 0.393 e. The molecule has 2 bridgehead atoms. The van der Waals surface area contributed by atoms with Gasteiger partial charge in [0.1, 0.15) is 11.6 Å². The predicted octanol–water partition coefficient (Wildman–Crippen LogP) is 4.48. The van der Waals surface area contributed by atoms with Gasteiger partial charge >= 0.3 is 5.92 Å². The molecule has 0 radical (unpaired) electrons. The number of carbonyl (C=O) groups excluding carboxylic acids is 2. The fourth-order valence-corrected chi connectivity index (χ4v) is 4.62. The molecule has 10 heteroatoms. The fourth-order valence-electron chi connectivity index (χ4n) is 4.44. The van der Waals surface area contributed by atoms with Gasteiger partial charge in [0.15, 0.2) is 0 Å². The molecule has 2 heterocycles. The van der Waals surface area contributed by atoms with Crippen LogP contribution in [0.1, 0.15) is 41.6 Å². The Labute approximate surface area is 186 Å². The van der Waals surface area contributed by atoms with Crippen LogP contribution < -0.4 is 5.32 Å². The average molecular weight is 471 g/mol. The summed E-state index contributed by atoms with van der Waals surface area (Å²) in [6, 6.07) is 4.65. The Morgan fingerprint density at radius 3 is 2.28 bits per heavy atom. The van der Waals surface area contributed by atoms with Crippen LogP contribution in [0.4, 0.5) is 23.2 Å². The van der Waals surface area contributed by atoms with Crippen molar-refractivity contribution in [3.63, 3.8) is 0 Å². The number of nitrogens with one attached hydrogen (secondary N) is 1. The SMILES string of the molecule is O=C(Nc1ccc(F)c(Cl)c1)c1ccc(F)c(C(F)(F)C(=O)N2[C@@H]3CC[C@H]2CC(O)C3)c1. The predicted molar refractivity (Wildman–Crippen MR) is 109 cm³/mol. The fraction of sp³-hybridized carbons (Fsp3) is 0.364. The van der Waals surface area contributed by atoms with Gasteiger partial charge in [-0.15, -0.1) is 0 Å². The maximum absolute atomic E-state index is 15.1. The number of aliphatic hydroxyl groups is 1. The van der Waals surface area contributed by atoms with Gasteiger partial charge in [0.2, 0.25) is 0 Å². The molecule has 170 valence electrons. The highest BCUT2D eigenvalue weighted by molar-refractivity contribution is 6.31. The molecule has 1 unspecified atom stereocenters. The van der Waals surface area contributed by atoms with Crippen molar-refractivity contribution < 1.29 is 32.3 Å². The molecule has 2 amide bonds. The Bertz CT molecular complexity index is 1070. The van der Waals surface area contributed by atoms with Gasteiger partial charge in [-0.25, -0.2) is 8.78 Å². The maximum atomic E-state index is 15.1. The lowest BCUT2D eigenvalue weighted by Gasteiger charge is -2.39. The molecule has 2 aromatic rings. The van der Waals surface area contributed by atoms with Crippen LogP contribution in [0.2, 0.25) is 5.02 Å². The molecule has 2 aromatic carbocycles. The zero-order chi connectivity index (χ0) is 23.2. The summed E-state index contributed by atoms with van der Waals surface area (Å²) >= 11 is 5.66. The standard InChI is InChI=1S/C22H19ClF4N2O3/c23-17-8-12(2-6-19(17)25)28-20(31)11-1-5-18(24)16(7-11)22(26,27)21(32)29-13-3-4-14(29)10-15(30)9-13/h1-2,5-8,13-15,30H,3-4,9-10H2,(H,28,31)/t13-,14+,15?. The number of hydrogen-bond donors (Lipinski definition) is 2. The number of halogens is 5. The minimum Gasteiger partial charge on any atom is -0.393 e. The van der Waals surface area contributed by atoms with Gasteiger partial charge in [-0.2, -0.15) is 8.78 Å². The lowest BCUT2D eigenvalue weighted by molar-refractivity contribution is -0.166. The number of hydrogen-bond acceptors (Lipinski definition) is 3. The topological polar surface area (TPSA) is 69.6 Å². The first-order valence-corrected chi connectivity index (χ1v) is 10.4. The summed E-state index contributed by atoms with van der Waals surface area (Å²) in [5.74, 6) is -8.64. The molecule has 3 atom stereocenters. The van der Waals surface area contributed by atoms with Crippen molar-refractivity contribution >= 4 is 29.1 Å². The van der Waals surface area contributed by atoms with Crippen LogP contribution in [0.25, 0.3) is 0 Å². The van der Waals surface area contributed by atoms with Gasteiger partial charge in [0.05, 0.1) is 16.7 Å². The summed E-state index contributed by atoms with van der Waals surface area (Å²) in [7, 11) is 0. The summed E-state index contributed by atoms with van der Waals surface area (Å²) < 4.78 is 57.9. The number of benzene rings is 2. The van der Waals surface area contributed by atoms with E-state index in [0.717, 1.165) is 23.1 Å². The van der Waals surface area contributed by atoms with Gasteiger partial charge in [-0.05, 0) is 62.1 Å². The third-order valence-corrected chi connectivity index (χ3v) is 6.25. The number of piperidine rings is 1. The van der Waals surface area contributed by atoms with Crippen molar-refractivity contribution in [1.29, 1.82) is 0 Å². The number of carbonyl (C=O) groups is 2. The van der Waals surface area contributed by atoms with Crippen LogP contribution >= 0.6 is 11.6 Å². The van der Waals surface area contributed by atoms with Crippen molar-refractivity contribution in [2.24, 2.45) is 0 Å². The van der Waals surface area contributed by atoms with E-state index < -0.39 is 53.1 Å². The quantitative estimate of drug-likeness (QED) is 0.647. The number of aliphatic hydroxyl groups excluding tert-OH is 1. The summed E-state index contributed by atoms with van der Waals surface area (Å²) in [6.45, 7) is 0. The molecule has 2 N–H and O–H groups in total. The van der Waals surface area contributed by atoms with E-state index >= 15 is 8.78 Å². The van der Waals surface area contributed by atoms with Gasteiger partial charge in [0.25, 0.3) is 11.8 Å². The van der Waals surface area contributed by atoms with Gasteiger partial charge in [0, 0.05) is 23.3 Å². The van der Waals surface area contributed by atoms with E-state index in [9.17, 15) is 23.5 Å². The summed E-state index contributed by atoms with van der Waals surface area (Å²) in [6.07, 6.45) is 0.727. The lowest BCUT2D eigenvalue weighted by Crippen LogP contribution is -2.53. The maximum Gasteiger partial charge on any atom is 0.352 e. The van der Waals surface area contributed by atoms with Crippen molar-refractivity contribution in [2.75, 3.05) is 5.32 Å². The first-order chi connectivity index (χ1) is 15.1. The number of anilines is 1. The van der Waals surface area contributed by atoms with E-state index in [4.69, 9.17) is 11.6 Å². The molecule has 5 nitrogen and oxygen atoms in total. The molecular weight excluding hydrogens is 452 g/mol. The molecule has 0 saturated carbocycles. The van der Waals surface area contributed by atoms with Crippen molar-refractivity contribution in [1.82, 2.24) is 4.90 Å². The summed E-state index contributed by atoms with van der Waals surface area (Å²) in [5.41, 5.74) is -1.41. The van der Waals surface area contributed by atoms with E-state index in [1.807, 2.05) is 0 Å². The Morgan fingerprint density at radius 1 is 1.03 bits per heavy atom. The van der Waals surface area contributed by atoms with Crippen LogP contribution in [0, 0.1) is 11.6 Å². The van der Waals surface area contributed by atoms with E-state index in [1.54, 1.807) is 0 Å². The highest BCUT2D eigenvalue weighted by Gasteiger charge is 2.53. The Morgan fingerprint density at radius 2 is 1.66 bits per heavy atom. The van der Waals surface area contributed by atoms with Crippen molar-refractivity contribution in [3.05, 3.63) is 64.2 Å². The molecule has 0 aliphatic carbocycles. The minimum atomic E-state index is -4.21. The molecule has 2 fully saturated rings. The molecule has 32 heavy (non-hydrogen) atoms. The number of amides is 2. The lowest BCUT2D eigenvalue weighted by atomic mass is 9.96. The van der Waals surface area contributed by atoms with E-state index in [2.05, 4.69) is 5.32 Å². The Balaban J connectivity index is 1.59. The van der Waals surface area contributed by atoms with Gasteiger partial charge in [-0.3, -0.25) is 9.59 Å². The molecule has 0 spiro atoms. The molecule has 4 rings (SSSR count). The Hall–Kier alpha value is -2.65. The Kier molecular flexibility index (Phi) is 5.89. The van der Waals surface area contributed by atoms with Gasteiger partial charge in [-0.1, -0.05) is 11.6 Å². The molecule has 2 saturated heterocycles.